The Balaban J connectivity index is 1.76. The highest BCUT2D eigenvalue weighted by Gasteiger charge is 2.16. The molecule has 0 amide bonds. The van der Waals surface area contributed by atoms with Gasteiger partial charge in [0.1, 0.15) is 12.4 Å². The lowest BCUT2D eigenvalue weighted by Crippen LogP contribution is -2.36. The van der Waals surface area contributed by atoms with Crippen molar-refractivity contribution in [3.63, 3.8) is 0 Å². The number of morpholine rings is 1. The average Bonchev–Trinajstić information content (AvgIpc) is 2.55. The molecule has 2 aromatic carbocycles. The van der Waals surface area contributed by atoms with Crippen molar-refractivity contribution in [2.24, 2.45) is 0 Å². The summed E-state index contributed by atoms with van der Waals surface area (Å²) in [5.74, 6) is 0.836. The quantitative estimate of drug-likeness (QED) is 0.882. The van der Waals surface area contributed by atoms with Crippen LogP contribution in [0.1, 0.15) is 11.1 Å². The Morgan fingerprint density at radius 1 is 1.09 bits per heavy atom. The van der Waals surface area contributed by atoms with E-state index in [9.17, 15) is 0 Å². The molecule has 0 unspecified atom stereocenters. The maximum atomic E-state index is 6.03. The molecule has 1 heterocycles. The summed E-state index contributed by atoms with van der Waals surface area (Å²) < 4.78 is 11.5. The molecule has 1 fully saturated rings. The number of benzene rings is 2. The molecule has 116 valence electrons. The van der Waals surface area contributed by atoms with Crippen molar-refractivity contribution < 1.29 is 9.47 Å². The van der Waals surface area contributed by atoms with Crippen LogP contribution in [-0.2, 0) is 11.3 Å². The average molecular weight is 298 g/mol. The van der Waals surface area contributed by atoms with E-state index in [1.54, 1.807) is 0 Å². The Labute approximate surface area is 131 Å². The summed E-state index contributed by atoms with van der Waals surface area (Å²) in [7, 11) is 0. The number of nitrogens with zero attached hydrogens (tertiary/aromatic N) is 1. The molecule has 0 aliphatic carbocycles. The number of anilines is 2. The number of hydrogen-bond acceptors (Lipinski definition) is 4. The van der Waals surface area contributed by atoms with E-state index in [1.807, 2.05) is 18.2 Å². The third kappa shape index (κ3) is 3.52. The summed E-state index contributed by atoms with van der Waals surface area (Å²) in [6.45, 7) is 5.89. The Morgan fingerprint density at radius 3 is 2.55 bits per heavy atom. The van der Waals surface area contributed by atoms with Gasteiger partial charge in [0.2, 0.25) is 0 Å². The van der Waals surface area contributed by atoms with Crippen LogP contribution in [0.25, 0.3) is 0 Å². The van der Waals surface area contributed by atoms with Gasteiger partial charge in [-0.1, -0.05) is 29.8 Å². The van der Waals surface area contributed by atoms with Crippen LogP contribution in [-0.4, -0.2) is 26.3 Å². The first-order valence-electron chi connectivity index (χ1n) is 7.63. The minimum Gasteiger partial charge on any atom is -0.487 e. The Bertz CT molecular complexity index is 619. The lowest BCUT2D eigenvalue weighted by Gasteiger charge is -2.30. The van der Waals surface area contributed by atoms with Crippen LogP contribution in [0.4, 0.5) is 11.4 Å². The maximum Gasteiger partial charge on any atom is 0.145 e. The zero-order valence-corrected chi connectivity index (χ0v) is 12.9. The van der Waals surface area contributed by atoms with Crippen molar-refractivity contribution in [3.8, 4) is 5.75 Å². The molecule has 0 spiro atoms. The van der Waals surface area contributed by atoms with E-state index in [0.717, 1.165) is 49.0 Å². The number of nitrogen functional groups attached to an aromatic ring is 1. The lowest BCUT2D eigenvalue weighted by molar-refractivity contribution is 0.122. The highest BCUT2D eigenvalue weighted by Crippen LogP contribution is 2.31. The molecule has 0 radical (unpaired) electrons. The summed E-state index contributed by atoms with van der Waals surface area (Å²) >= 11 is 0. The summed E-state index contributed by atoms with van der Waals surface area (Å²) in [6.07, 6.45) is 0. The van der Waals surface area contributed by atoms with Gasteiger partial charge in [-0.3, -0.25) is 0 Å². The van der Waals surface area contributed by atoms with E-state index in [-0.39, 0.29) is 0 Å². The topological polar surface area (TPSA) is 47.7 Å². The second-order valence-electron chi connectivity index (χ2n) is 5.60. The molecule has 4 nitrogen and oxygen atoms in total. The first-order valence-corrected chi connectivity index (χ1v) is 7.63. The molecule has 4 heteroatoms. The predicted molar refractivity (Wildman–Crippen MR) is 89.4 cm³/mol. The molecular weight excluding hydrogens is 276 g/mol. The van der Waals surface area contributed by atoms with Gasteiger partial charge in [0.05, 0.1) is 18.9 Å². The van der Waals surface area contributed by atoms with Crippen LogP contribution in [0, 0.1) is 6.92 Å². The summed E-state index contributed by atoms with van der Waals surface area (Å²) in [4.78, 5) is 2.29. The van der Waals surface area contributed by atoms with Gasteiger partial charge >= 0.3 is 0 Å². The van der Waals surface area contributed by atoms with E-state index in [4.69, 9.17) is 15.2 Å². The second kappa shape index (κ2) is 6.71. The van der Waals surface area contributed by atoms with Gasteiger partial charge < -0.3 is 20.1 Å². The van der Waals surface area contributed by atoms with E-state index in [1.165, 1.54) is 5.56 Å². The predicted octanol–water partition coefficient (Wildman–Crippen LogP) is 2.99. The van der Waals surface area contributed by atoms with Gasteiger partial charge in [-0.15, -0.1) is 0 Å². The normalized spacial score (nSPS) is 14.9. The molecular formula is C18H22N2O2. The minimum atomic E-state index is 0.543. The number of hydrogen-bond donors (Lipinski definition) is 1. The zero-order chi connectivity index (χ0) is 15.4. The van der Waals surface area contributed by atoms with Gasteiger partial charge in [-0.05, 0) is 24.6 Å². The Kier molecular flexibility index (Phi) is 4.49. The highest BCUT2D eigenvalue weighted by molar-refractivity contribution is 5.64. The largest absolute Gasteiger partial charge is 0.487 e. The fourth-order valence-corrected chi connectivity index (χ4v) is 2.56. The fraction of sp³-hybridized carbons (Fsp3) is 0.333. The SMILES string of the molecule is Cc1ccc(COc2cc(N)ccc2N2CCOCC2)cc1. The first kappa shape index (κ1) is 14.7. The monoisotopic (exact) mass is 298 g/mol. The second-order valence-corrected chi connectivity index (χ2v) is 5.60. The van der Waals surface area contributed by atoms with Gasteiger partial charge in [-0.2, -0.15) is 0 Å². The van der Waals surface area contributed by atoms with Gasteiger partial charge in [0.15, 0.2) is 0 Å². The van der Waals surface area contributed by atoms with Crippen molar-refractivity contribution >= 4 is 11.4 Å². The van der Waals surface area contributed by atoms with Crippen LogP contribution >= 0.6 is 0 Å². The molecule has 3 rings (SSSR count). The number of nitrogens with two attached hydrogens (primary N) is 1. The van der Waals surface area contributed by atoms with Crippen molar-refractivity contribution in [1.82, 2.24) is 0 Å². The standard InChI is InChI=1S/C18H22N2O2/c1-14-2-4-15(5-3-14)13-22-18-12-16(19)6-7-17(18)20-8-10-21-11-9-20/h2-7,12H,8-11,13,19H2,1H3. The number of rotatable bonds is 4. The van der Waals surface area contributed by atoms with Crippen molar-refractivity contribution in [2.75, 3.05) is 36.9 Å². The van der Waals surface area contributed by atoms with Gasteiger partial charge in [0, 0.05) is 24.8 Å². The van der Waals surface area contributed by atoms with Crippen LogP contribution in [0.15, 0.2) is 42.5 Å². The first-order chi connectivity index (χ1) is 10.7. The minimum absolute atomic E-state index is 0.543. The molecule has 0 aromatic heterocycles. The highest BCUT2D eigenvalue weighted by atomic mass is 16.5. The fourth-order valence-electron chi connectivity index (χ4n) is 2.56. The van der Waals surface area contributed by atoms with E-state index < -0.39 is 0 Å². The van der Waals surface area contributed by atoms with Gasteiger partial charge in [-0.25, -0.2) is 0 Å². The van der Waals surface area contributed by atoms with Crippen molar-refractivity contribution in [3.05, 3.63) is 53.6 Å². The Hall–Kier alpha value is -2.20. The van der Waals surface area contributed by atoms with Gasteiger partial charge in [0.25, 0.3) is 0 Å². The Morgan fingerprint density at radius 2 is 1.82 bits per heavy atom. The maximum absolute atomic E-state index is 6.03. The van der Waals surface area contributed by atoms with Crippen molar-refractivity contribution in [1.29, 1.82) is 0 Å². The summed E-state index contributed by atoms with van der Waals surface area (Å²) in [5, 5.41) is 0. The zero-order valence-electron chi connectivity index (χ0n) is 12.9. The molecule has 0 bridgehead atoms. The smallest absolute Gasteiger partial charge is 0.145 e. The molecule has 2 N–H and O–H groups in total. The molecule has 0 atom stereocenters. The molecule has 1 aliphatic rings. The van der Waals surface area contributed by atoms with Crippen LogP contribution in [0.2, 0.25) is 0 Å². The molecule has 1 aliphatic heterocycles. The van der Waals surface area contributed by atoms with E-state index in [0.29, 0.717) is 6.61 Å². The van der Waals surface area contributed by atoms with Crippen molar-refractivity contribution in [2.45, 2.75) is 13.5 Å². The van der Waals surface area contributed by atoms with E-state index in [2.05, 4.69) is 36.1 Å². The van der Waals surface area contributed by atoms with Crippen LogP contribution in [0.3, 0.4) is 0 Å². The molecule has 22 heavy (non-hydrogen) atoms. The third-order valence-corrected chi connectivity index (χ3v) is 3.85. The summed E-state index contributed by atoms with van der Waals surface area (Å²) in [5.41, 5.74) is 10.1. The molecule has 2 aromatic rings. The molecule has 0 saturated carbocycles. The van der Waals surface area contributed by atoms with Crippen LogP contribution < -0.4 is 15.4 Å². The van der Waals surface area contributed by atoms with E-state index >= 15 is 0 Å². The molecule has 1 saturated heterocycles. The van der Waals surface area contributed by atoms with Crippen LogP contribution in [0.5, 0.6) is 5.75 Å². The number of ether oxygens (including phenoxy) is 2. The number of aryl methyl sites for hydroxylation is 1. The lowest BCUT2D eigenvalue weighted by atomic mass is 10.2. The summed E-state index contributed by atoms with van der Waals surface area (Å²) in [6, 6.07) is 14.2. The third-order valence-electron chi connectivity index (χ3n) is 3.85.